The number of rotatable bonds is 4. The first-order valence-corrected chi connectivity index (χ1v) is 10.5. The van der Waals surface area contributed by atoms with Gasteiger partial charge in [-0.2, -0.15) is 5.26 Å². The average molecular weight is 433 g/mol. The number of halogens is 1. The number of thiazole rings is 1. The molecule has 4 nitrogen and oxygen atoms in total. The van der Waals surface area contributed by atoms with Crippen LogP contribution in [0.1, 0.15) is 25.3 Å². The van der Waals surface area contributed by atoms with E-state index >= 15 is 0 Å². The summed E-state index contributed by atoms with van der Waals surface area (Å²) in [6.45, 7) is 7.08. The smallest absolute Gasteiger partial charge is 0.168 e. The third-order valence-corrected chi connectivity index (χ3v) is 6.14. The predicted octanol–water partition coefficient (Wildman–Crippen LogP) is 3.93. The Bertz CT molecular complexity index is 827. The van der Waals surface area contributed by atoms with E-state index in [2.05, 4.69) is 40.8 Å². The summed E-state index contributed by atoms with van der Waals surface area (Å²) in [6.07, 6.45) is 1.24. The zero-order chi connectivity index (χ0) is 18.7. The van der Waals surface area contributed by atoms with Gasteiger partial charge in [-0.25, -0.2) is 4.98 Å². The molecular formula is C20H23BrN3OS+. The molecule has 1 saturated heterocycles. The van der Waals surface area contributed by atoms with Crippen molar-refractivity contribution in [1.82, 2.24) is 4.98 Å². The summed E-state index contributed by atoms with van der Waals surface area (Å²) in [7, 11) is 0. The van der Waals surface area contributed by atoms with Crippen molar-refractivity contribution in [3.8, 4) is 17.3 Å². The molecule has 1 aliphatic rings. The van der Waals surface area contributed by atoms with Crippen LogP contribution >= 0.6 is 27.3 Å². The van der Waals surface area contributed by atoms with E-state index in [1.807, 2.05) is 29.6 Å². The molecule has 0 saturated carbocycles. The van der Waals surface area contributed by atoms with Crippen LogP contribution in [-0.2, 0) is 0 Å². The molecular weight excluding hydrogens is 410 g/mol. The van der Waals surface area contributed by atoms with Gasteiger partial charge in [0.25, 0.3) is 0 Å². The molecule has 0 amide bonds. The van der Waals surface area contributed by atoms with Crippen LogP contribution in [-0.4, -0.2) is 29.7 Å². The van der Waals surface area contributed by atoms with Gasteiger partial charge in [0.2, 0.25) is 0 Å². The second-order valence-electron chi connectivity index (χ2n) is 7.26. The highest BCUT2D eigenvalue weighted by Gasteiger charge is 2.27. The Kier molecular flexibility index (Phi) is 6.13. The summed E-state index contributed by atoms with van der Waals surface area (Å²) in [4.78, 5) is 5.92. The van der Waals surface area contributed by atoms with E-state index in [1.54, 1.807) is 0 Å². The molecule has 0 unspecified atom stereocenters. The molecule has 0 aliphatic carbocycles. The summed E-state index contributed by atoms with van der Waals surface area (Å²) in [5, 5.41) is 22.7. The number of hydrogen-bond acceptors (Lipinski definition) is 4. The molecule has 6 heteroatoms. The predicted molar refractivity (Wildman–Crippen MR) is 109 cm³/mol. The molecule has 1 aromatic carbocycles. The van der Waals surface area contributed by atoms with Crippen molar-refractivity contribution in [1.29, 1.82) is 5.26 Å². The van der Waals surface area contributed by atoms with Gasteiger partial charge < -0.3 is 10.0 Å². The normalized spacial score (nSPS) is 24.0. The molecule has 3 rings (SSSR count). The Balaban J connectivity index is 1.80. The lowest BCUT2D eigenvalue weighted by Crippen LogP contribution is -3.14. The monoisotopic (exact) mass is 432 g/mol. The van der Waals surface area contributed by atoms with Crippen LogP contribution in [0.2, 0.25) is 0 Å². The number of nitriles is 1. The van der Waals surface area contributed by atoms with E-state index in [4.69, 9.17) is 0 Å². The topological polar surface area (TPSA) is 61.4 Å². The molecule has 26 heavy (non-hydrogen) atoms. The van der Waals surface area contributed by atoms with E-state index in [-0.39, 0.29) is 5.76 Å². The summed E-state index contributed by atoms with van der Waals surface area (Å²) < 4.78 is 1.01. The van der Waals surface area contributed by atoms with E-state index < -0.39 is 0 Å². The van der Waals surface area contributed by atoms with E-state index in [1.165, 1.54) is 22.7 Å². The Morgan fingerprint density at radius 1 is 1.31 bits per heavy atom. The fourth-order valence-electron chi connectivity index (χ4n) is 3.77. The van der Waals surface area contributed by atoms with Gasteiger partial charge >= 0.3 is 0 Å². The number of hydrogen-bond donors (Lipinski definition) is 2. The maximum absolute atomic E-state index is 10.6. The first-order valence-electron chi connectivity index (χ1n) is 8.84. The van der Waals surface area contributed by atoms with Crippen molar-refractivity contribution in [2.45, 2.75) is 20.3 Å². The number of nitrogens with zero attached hydrogens (tertiary/aromatic N) is 2. The van der Waals surface area contributed by atoms with E-state index in [0.29, 0.717) is 29.0 Å². The van der Waals surface area contributed by atoms with Crippen molar-refractivity contribution in [3.05, 3.63) is 44.9 Å². The van der Waals surface area contributed by atoms with Gasteiger partial charge in [-0.1, -0.05) is 41.9 Å². The number of quaternary nitrogens is 1. The number of nitrogens with one attached hydrogen (secondary N) is 1. The van der Waals surface area contributed by atoms with Crippen molar-refractivity contribution in [2.75, 3.05) is 19.6 Å². The summed E-state index contributed by atoms with van der Waals surface area (Å²) >= 11 is 4.83. The summed E-state index contributed by atoms with van der Waals surface area (Å²) in [6, 6.07) is 10.1. The minimum atomic E-state index is 0.153. The molecule has 2 atom stereocenters. The highest BCUT2D eigenvalue weighted by molar-refractivity contribution is 9.10. The minimum absolute atomic E-state index is 0.153. The molecule has 136 valence electrons. The Hall–Kier alpha value is -1.68. The van der Waals surface area contributed by atoms with Crippen LogP contribution in [0.4, 0.5) is 0 Å². The molecule has 2 heterocycles. The molecule has 1 aromatic heterocycles. The molecule has 0 bridgehead atoms. The average Bonchev–Trinajstić information content (AvgIpc) is 3.05. The zero-order valence-electron chi connectivity index (χ0n) is 15.0. The van der Waals surface area contributed by atoms with Crippen LogP contribution in [0.5, 0.6) is 0 Å². The molecule has 1 fully saturated rings. The second-order valence-corrected chi connectivity index (χ2v) is 9.03. The number of aromatic nitrogens is 1. The lowest BCUT2D eigenvalue weighted by atomic mass is 9.92. The standard InChI is InChI=1S/C20H22BrN3OS/c1-13-7-14(2)10-24(9-13)11-19(25)17(8-22)20-23-18(12-26-20)15-3-5-16(21)6-4-15/h3-6,12-14,25H,7,9-11H2,1-2H3/p+1/b19-17-/t13-,14-/m0/s1. The van der Waals surface area contributed by atoms with Crippen LogP contribution < -0.4 is 4.90 Å². The molecule has 2 N–H and O–H groups in total. The van der Waals surface area contributed by atoms with Gasteiger partial charge in [0.1, 0.15) is 23.2 Å². The first-order chi connectivity index (χ1) is 12.5. The van der Waals surface area contributed by atoms with Crippen LogP contribution in [0.25, 0.3) is 16.8 Å². The number of allylic oxidation sites excluding steroid dienone is 1. The van der Waals surface area contributed by atoms with Crippen molar-refractivity contribution < 1.29 is 10.0 Å². The molecule has 2 aromatic rings. The number of aliphatic hydroxyl groups excluding tert-OH is 1. The number of piperidine rings is 1. The van der Waals surface area contributed by atoms with Gasteiger partial charge in [0, 0.05) is 27.3 Å². The van der Waals surface area contributed by atoms with Crippen molar-refractivity contribution in [3.63, 3.8) is 0 Å². The minimum Gasteiger partial charge on any atom is -0.506 e. The van der Waals surface area contributed by atoms with Gasteiger partial charge in [0.15, 0.2) is 5.76 Å². The third-order valence-electron chi connectivity index (χ3n) is 4.75. The zero-order valence-corrected chi connectivity index (χ0v) is 17.4. The van der Waals surface area contributed by atoms with Gasteiger partial charge in [-0.15, -0.1) is 11.3 Å². The van der Waals surface area contributed by atoms with E-state index in [9.17, 15) is 10.4 Å². The van der Waals surface area contributed by atoms with Crippen LogP contribution in [0.3, 0.4) is 0 Å². The fourth-order valence-corrected chi connectivity index (χ4v) is 4.88. The fraction of sp³-hybridized carbons (Fsp3) is 0.400. The maximum atomic E-state index is 10.6. The highest BCUT2D eigenvalue weighted by atomic mass is 79.9. The first kappa shape index (κ1) is 19.1. The van der Waals surface area contributed by atoms with Crippen LogP contribution in [0.15, 0.2) is 39.9 Å². The molecule has 1 aliphatic heterocycles. The van der Waals surface area contributed by atoms with Crippen LogP contribution in [0, 0.1) is 23.2 Å². The number of aliphatic hydroxyl groups is 1. The van der Waals surface area contributed by atoms with Crippen molar-refractivity contribution in [2.24, 2.45) is 11.8 Å². The SMILES string of the molecule is C[C@H]1C[C@H](C)C[NH+](C/C(O)=C(\C#N)c2nc(-c3ccc(Br)cc3)cs2)C1. The summed E-state index contributed by atoms with van der Waals surface area (Å²) in [5.41, 5.74) is 2.12. The number of likely N-dealkylation sites (tertiary alicyclic amines) is 1. The highest BCUT2D eigenvalue weighted by Crippen LogP contribution is 2.28. The third kappa shape index (κ3) is 4.53. The quantitative estimate of drug-likeness (QED) is 0.568. The van der Waals surface area contributed by atoms with Gasteiger partial charge in [-0.05, 0) is 18.6 Å². The Morgan fingerprint density at radius 2 is 1.96 bits per heavy atom. The van der Waals surface area contributed by atoms with E-state index in [0.717, 1.165) is 28.8 Å². The van der Waals surface area contributed by atoms with Gasteiger partial charge in [-0.3, -0.25) is 0 Å². The maximum Gasteiger partial charge on any atom is 0.168 e. The van der Waals surface area contributed by atoms with Crippen molar-refractivity contribution >= 4 is 32.8 Å². The number of benzene rings is 1. The molecule has 0 radical (unpaired) electrons. The lowest BCUT2D eigenvalue weighted by Gasteiger charge is -2.31. The Morgan fingerprint density at radius 3 is 2.58 bits per heavy atom. The summed E-state index contributed by atoms with van der Waals surface area (Å²) in [5.74, 6) is 1.45. The lowest BCUT2D eigenvalue weighted by molar-refractivity contribution is -0.908. The second kappa shape index (κ2) is 8.34. The largest absolute Gasteiger partial charge is 0.506 e. The molecule has 0 spiro atoms. The van der Waals surface area contributed by atoms with Gasteiger partial charge in [0.05, 0.1) is 18.8 Å². The Labute approximate surface area is 166 Å².